The molecule has 0 aliphatic heterocycles. The first-order chi connectivity index (χ1) is 6.72. The van der Waals surface area contributed by atoms with Crippen molar-refractivity contribution in [2.75, 3.05) is 12.3 Å². The minimum Gasteiger partial charge on any atom is -0.394 e. The van der Waals surface area contributed by atoms with Gasteiger partial charge in [-0.2, -0.15) is 0 Å². The number of aromatic nitrogens is 1. The molecule has 1 unspecified atom stereocenters. The van der Waals surface area contributed by atoms with Gasteiger partial charge in [0.15, 0.2) is 0 Å². The second kappa shape index (κ2) is 5.22. The monoisotopic (exact) mass is 192 g/mol. The molecule has 1 atom stereocenters. The van der Waals surface area contributed by atoms with Crippen LogP contribution in [0.3, 0.4) is 0 Å². The van der Waals surface area contributed by atoms with Crippen molar-refractivity contribution in [3.63, 3.8) is 0 Å². The molecular formula is C10H12N2O2. The Bertz CT molecular complexity index is 337. The van der Waals surface area contributed by atoms with Crippen molar-refractivity contribution in [1.82, 2.24) is 4.98 Å². The number of nitrogens with zero attached hydrogens (tertiary/aromatic N) is 1. The van der Waals surface area contributed by atoms with E-state index < -0.39 is 6.10 Å². The zero-order valence-corrected chi connectivity index (χ0v) is 7.64. The summed E-state index contributed by atoms with van der Waals surface area (Å²) >= 11 is 0. The number of nitrogen functional groups attached to an aromatic ring is 1. The Hall–Kier alpha value is -1.57. The van der Waals surface area contributed by atoms with Crippen LogP contribution >= 0.6 is 0 Å². The Balaban J connectivity index is 2.55. The summed E-state index contributed by atoms with van der Waals surface area (Å²) in [6.45, 7) is -0.269. The predicted molar refractivity (Wildman–Crippen MR) is 53.2 cm³/mol. The Morgan fingerprint density at radius 2 is 2.29 bits per heavy atom. The van der Waals surface area contributed by atoms with E-state index in [1.165, 1.54) is 0 Å². The normalized spacial score (nSPS) is 11.6. The zero-order valence-electron chi connectivity index (χ0n) is 7.64. The van der Waals surface area contributed by atoms with Gasteiger partial charge < -0.3 is 15.9 Å². The molecule has 1 aromatic heterocycles. The number of hydrogen-bond donors (Lipinski definition) is 3. The molecule has 1 aromatic rings. The smallest absolute Gasteiger partial charge is 0.123 e. The molecule has 0 aliphatic rings. The molecule has 0 spiro atoms. The van der Waals surface area contributed by atoms with Crippen LogP contribution < -0.4 is 5.73 Å². The minimum absolute atomic E-state index is 0.251. The van der Waals surface area contributed by atoms with Crippen LogP contribution in [-0.4, -0.2) is 27.9 Å². The number of pyridine rings is 1. The molecule has 4 heteroatoms. The van der Waals surface area contributed by atoms with Crippen LogP contribution in [0.25, 0.3) is 0 Å². The standard InChI is InChI=1S/C10H12N2O2/c11-10-5-4-8(6-12-10)2-1-3-9(14)7-13/h4-6,9,13-14H,3,7H2,(H2,11,12). The second-order valence-corrected chi connectivity index (χ2v) is 2.81. The van der Waals surface area contributed by atoms with Crippen molar-refractivity contribution < 1.29 is 10.2 Å². The predicted octanol–water partition coefficient (Wildman–Crippen LogP) is -0.241. The van der Waals surface area contributed by atoms with E-state index >= 15 is 0 Å². The number of aliphatic hydroxyl groups is 2. The summed E-state index contributed by atoms with van der Waals surface area (Å²) in [5.41, 5.74) is 6.13. The molecule has 1 rings (SSSR count). The van der Waals surface area contributed by atoms with Gasteiger partial charge in [0.2, 0.25) is 0 Å². The van der Waals surface area contributed by atoms with E-state index in [4.69, 9.17) is 15.9 Å². The molecule has 4 N–H and O–H groups in total. The second-order valence-electron chi connectivity index (χ2n) is 2.81. The van der Waals surface area contributed by atoms with Crippen molar-refractivity contribution in [3.05, 3.63) is 23.9 Å². The van der Waals surface area contributed by atoms with E-state index in [-0.39, 0.29) is 13.0 Å². The van der Waals surface area contributed by atoms with Gasteiger partial charge in [-0.05, 0) is 12.1 Å². The van der Waals surface area contributed by atoms with E-state index in [1.54, 1.807) is 18.3 Å². The largest absolute Gasteiger partial charge is 0.394 e. The molecule has 4 nitrogen and oxygen atoms in total. The van der Waals surface area contributed by atoms with E-state index in [2.05, 4.69) is 16.8 Å². The van der Waals surface area contributed by atoms with E-state index in [1.807, 2.05) is 0 Å². The van der Waals surface area contributed by atoms with Gasteiger partial charge in [0.05, 0.1) is 12.7 Å². The highest BCUT2D eigenvalue weighted by Gasteiger charge is 1.96. The fourth-order valence-corrected chi connectivity index (χ4v) is 0.815. The average Bonchev–Trinajstić information content (AvgIpc) is 2.21. The van der Waals surface area contributed by atoms with Gasteiger partial charge in [-0.1, -0.05) is 11.8 Å². The first kappa shape index (κ1) is 10.5. The SMILES string of the molecule is Nc1ccc(C#CCC(O)CO)cn1. The molecule has 0 radical (unpaired) electrons. The lowest BCUT2D eigenvalue weighted by Crippen LogP contribution is -2.09. The molecule has 14 heavy (non-hydrogen) atoms. The summed E-state index contributed by atoms with van der Waals surface area (Å²) in [4.78, 5) is 3.86. The molecule has 0 aromatic carbocycles. The van der Waals surface area contributed by atoms with Crippen molar-refractivity contribution in [2.45, 2.75) is 12.5 Å². The average molecular weight is 192 g/mol. The molecule has 0 saturated heterocycles. The maximum absolute atomic E-state index is 8.99. The fourth-order valence-electron chi connectivity index (χ4n) is 0.815. The van der Waals surface area contributed by atoms with Gasteiger partial charge in [-0.25, -0.2) is 4.98 Å². The van der Waals surface area contributed by atoms with Crippen molar-refractivity contribution in [3.8, 4) is 11.8 Å². The molecule has 0 fully saturated rings. The minimum atomic E-state index is -0.774. The summed E-state index contributed by atoms with van der Waals surface area (Å²) in [7, 11) is 0. The number of aliphatic hydroxyl groups excluding tert-OH is 2. The van der Waals surface area contributed by atoms with E-state index in [9.17, 15) is 0 Å². The van der Waals surface area contributed by atoms with Gasteiger partial charge in [-0.15, -0.1) is 0 Å². The van der Waals surface area contributed by atoms with Crippen LogP contribution in [0.2, 0.25) is 0 Å². The van der Waals surface area contributed by atoms with Gasteiger partial charge in [0.1, 0.15) is 5.82 Å². The van der Waals surface area contributed by atoms with E-state index in [0.29, 0.717) is 5.82 Å². The molecule has 1 heterocycles. The number of rotatable bonds is 2. The Kier molecular flexibility index (Phi) is 3.92. The third kappa shape index (κ3) is 3.44. The third-order valence-electron chi connectivity index (χ3n) is 1.57. The summed E-state index contributed by atoms with van der Waals surface area (Å²) in [6, 6.07) is 3.41. The van der Waals surface area contributed by atoms with Crippen LogP contribution in [0.15, 0.2) is 18.3 Å². The Morgan fingerprint density at radius 1 is 1.50 bits per heavy atom. The van der Waals surface area contributed by atoms with Gasteiger partial charge in [0, 0.05) is 18.2 Å². The molecule has 0 amide bonds. The van der Waals surface area contributed by atoms with Crippen molar-refractivity contribution in [1.29, 1.82) is 0 Å². The topological polar surface area (TPSA) is 79.4 Å². The third-order valence-corrected chi connectivity index (χ3v) is 1.57. The molecule has 0 saturated carbocycles. The lowest BCUT2D eigenvalue weighted by Gasteiger charge is -1.98. The summed E-state index contributed by atoms with van der Waals surface area (Å²) in [5.74, 6) is 5.98. The summed E-state index contributed by atoms with van der Waals surface area (Å²) in [6.07, 6.45) is 1.04. The maximum atomic E-state index is 8.99. The van der Waals surface area contributed by atoms with Gasteiger partial charge in [0.25, 0.3) is 0 Å². The quantitative estimate of drug-likeness (QED) is 0.565. The van der Waals surface area contributed by atoms with Gasteiger partial charge >= 0.3 is 0 Å². The Morgan fingerprint density at radius 3 is 2.86 bits per heavy atom. The first-order valence-corrected chi connectivity index (χ1v) is 4.21. The van der Waals surface area contributed by atoms with Crippen LogP contribution in [-0.2, 0) is 0 Å². The molecule has 74 valence electrons. The fraction of sp³-hybridized carbons (Fsp3) is 0.300. The number of hydrogen-bond acceptors (Lipinski definition) is 4. The first-order valence-electron chi connectivity index (χ1n) is 4.21. The summed E-state index contributed by atoms with van der Waals surface area (Å²) < 4.78 is 0. The summed E-state index contributed by atoms with van der Waals surface area (Å²) in [5, 5.41) is 17.5. The van der Waals surface area contributed by atoms with E-state index in [0.717, 1.165) is 5.56 Å². The van der Waals surface area contributed by atoms with Crippen LogP contribution in [0.4, 0.5) is 5.82 Å². The van der Waals surface area contributed by atoms with Crippen LogP contribution in [0, 0.1) is 11.8 Å². The molecular weight excluding hydrogens is 180 g/mol. The highest BCUT2D eigenvalue weighted by atomic mass is 16.3. The highest BCUT2D eigenvalue weighted by Crippen LogP contribution is 1.99. The zero-order chi connectivity index (χ0) is 10.4. The maximum Gasteiger partial charge on any atom is 0.123 e. The Labute approximate surface area is 82.4 Å². The van der Waals surface area contributed by atoms with Crippen molar-refractivity contribution in [2.24, 2.45) is 0 Å². The van der Waals surface area contributed by atoms with Crippen LogP contribution in [0.1, 0.15) is 12.0 Å². The highest BCUT2D eigenvalue weighted by molar-refractivity contribution is 5.37. The number of anilines is 1. The van der Waals surface area contributed by atoms with Gasteiger partial charge in [-0.3, -0.25) is 0 Å². The number of nitrogens with two attached hydrogens (primary N) is 1. The lowest BCUT2D eigenvalue weighted by molar-refractivity contribution is 0.0992. The lowest BCUT2D eigenvalue weighted by atomic mass is 10.2. The van der Waals surface area contributed by atoms with Crippen molar-refractivity contribution >= 4 is 5.82 Å². The van der Waals surface area contributed by atoms with Crippen LogP contribution in [0.5, 0.6) is 0 Å². The molecule has 0 bridgehead atoms. The molecule has 0 aliphatic carbocycles.